The van der Waals surface area contributed by atoms with Crippen LogP contribution < -0.4 is 10.2 Å². The molecule has 0 radical (unpaired) electrons. The van der Waals surface area contributed by atoms with Crippen LogP contribution in [-0.4, -0.2) is 44.9 Å². The van der Waals surface area contributed by atoms with Crippen molar-refractivity contribution in [3.05, 3.63) is 24.3 Å². The lowest BCUT2D eigenvalue weighted by Gasteiger charge is -2.24. The van der Waals surface area contributed by atoms with Crippen molar-refractivity contribution < 1.29 is 14.3 Å². The van der Waals surface area contributed by atoms with Gasteiger partial charge in [0, 0.05) is 24.5 Å². The van der Waals surface area contributed by atoms with Gasteiger partial charge in [-0.2, -0.15) is 0 Å². The van der Waals surface area contributed by atoms with Gasteiger partial charge in [0.2, 0.25) is 0 Å². The number of nitrogens with zero attached hydrogens (tertiary/aromatic N) is 1. The van der Waals surface area contributed by atoms with E-state index in [9.17, 15) is 4.79 Å². The molecule has 2 heterocycles. The fraction of sp³-hybridized carbons (Fsp3) is 0.588. The highest BCUT2D eigenvalue weighted by atomic mass is 16.6. The van der Waals surface area contributed by atoms with Crippen LogP contribution in [0.2, 0.25) is 0 Å². The molecule has 1 aromatic carbocycles. The Bertz CT molecular complexity index is 492. The standard InChI is InChI=1S/C17H24N2O3/c20-17(16-13-21-10-11-22-16)18-14-6-5-7-15(12-14)19-8-3-1-2-4-9-19/h5-7,12,16H,1-4,8-11,13H2,(H,18,20)/t16-/m1/s1. The summed E-state index contributed by atoms with van der Waals surface area (Å²) in [4.78, 5) is 14.6. The number of amides is 1. The van der Waals surface area contributed by atoms with E-state index in [0.717, 1.165) is 18.8 Å². The zero-order chi connectivity index (χ0) is 15.2. The number of ether oxygens (including phenoxy) is 2. The van der Waals surface area contributed by atoms with Crippen molar-refractivity contribution in [2.75, 3.05) is 43.1 Å². The summed E-state index contributed by atoms with van der Waals surface area (Å²) in [5, 5.41) is 2.94. The topological polar surface area (TPSA) is 50.8 Å². The van der Waals surface area contributed by atoms with Crippen LogP contribution in [-0.2, 0) is 14.3 Å². The molecule has 1 aromatic rings. The van der Waals surface area contributed by atoms with Gasteiger partial charge in [0.15, 0.2) is 6.10 Å². The van der Waals surface area contributed by atoms with Gasteiger partial charge >= 0.3 is 0 Å². The number of hydrogen-bond acceptors (Lipinski definition) is 4. The highest BCUT2D eigenvalue weighted by molar-refractivity contribution is 5.94. The van der Waals surface area contributed by atoms with Crippen LogP contribution in [0, 0.1) is 0 Å². The van der Waals surface area contributed by atoms with Gasteiger partial charge in [0.25, 0.3) is 5.91 Å². The fourth-order valence-electron chi connectivity index (χ4n) is 2.97. The molecule has 0 saturated carbocycles. The first-order valence-corrected chi connectivity index (χ1v) is 8.18. The zero-order valence-electron chi connectivity index (χ0n) is 12.9. The molecule has 0 bridgehead atoms. The third-order valence-corrected chi connectivity index (χ3v) is 4.19. The van der Waals surface area contributed by atoms with E-state index in [1.165, 1.54) is 31.4 Å². The van der Waals surface area contributed by atoms with Gasteiger partial charge in [-0.15, -0.1) is 0 Å². The van der Waals surface area contributed by atoms with Crippen molar-refractivity contribution in [2.45, 2.75) is 31.8 Å². The number of rotatable bonds is 3. The summed E-state index contributed by atoms with van der Waals surface area (Å²) in [6.45, 7) is 3.56. The maximum absolute atomic E-state index is 12.2. The van der Waals surface area contributed by atoms with E-state index >= 15 is 0 Å². The summed E-state index contributed by atoms with van der Waals surface area (Å²) < 4.78 is 10.7. The lowest BCUT2D eigenvalue weighted by Crippen LogP contribution is -2.39. The molecule has 1 atom stereocenters. The molecular formula is C17H24N2O3. The molecule has 1 amide bonds. The zero-order valence-corrected chi connectivity index (χ0v) is 12.9. The Labute approximate surface area is 131 Å². The highest BCUT2D eigenvalue weighted by Gasteiger charge is 2.22. The molecule has 5 heteroatoms. The minimum Gasteiger partial charge on any atom is -0.376 e. The van der Waals surface area contributed by atoms with Crippen LogP contribution in [0.1, 0.15) is 25.7 Å². The Morgan fingerprint density at radius 1 is 1.14 bits per heavy atom. The molecule has 0 unspecified atom stereocenters. The molecule has 2 fully saturated rings. The SMILES string of the molecule is O=C(Nc1cccc(N2CCCCCC2)c1)[C@H]1COCCO1. The number of anilines is 2. The largest absolute Gasteiger partial charge is 0.376 e. The molecule has 120 valence electrons. The van der Waals surface area contributed by atoms with Gasteiger partial charge in [-0.1, -0.05) is 18.9 Å². The maximum Gasteiger partial charge on any atom is 0.255 e. The Morgan fingerprint density at radius 3 is 2.68 bits per heavy atom. The molecular weight excluding hydrogens is 280 g/mol. The van der Waals surface area contributed by atoms with E-state index in [0.29, 0.717) is 19.8 Å². The van der Waals surface area contributed by atoms with E-state index in [1.807, 2.05) is 18.2 Å². The Kier molecular flexibility index (Phi) is 5.29. The monoisotopic (exact) mass is 304 g/mol. The smallest absolute Gasteiger partial charge is 0.255 e. The van der Waals surface area contributed by atoms with Crippen molar-refractivity contribution in [3.63, 3.8) is 0 Å². The van der Waals surface area contributed by atoms with Gasteiger partial charge in [0.05, 0.1) is 19.8 Å². The molecule has 3 rings (SSSR count). The molecule has 0 aromatic heterocycles. The molecule has 5 nitrogen and oxygen atoms in total. The Balaban J connectivity index is 1.64. The minimum atomic E-state index is -0.504. The summed E-state index contributed by atoms with van der Waals surface area (Å²) in [5.74, 6) is -0.132. The fourth-order valence-corrected chi connectivity index (χ4v) is 2.97. The Morgan fingerprint density at radius 2 is 1.95 bits per heavy atom. The van der Waals surface area contributed by atoms with Crippen LogP contribution >= 0.6 is 0 Å². The van der Waals surface area contributed by atoms with E-state index in [1.54, 1.807) is 0 Å². The quantitative estimate of drug-likeness (QED) is 0.932. The molecule has 2 aliphatic heterocycles. The predicted octanol–water partition coefficient (Wildman–Crippen LogP) is 2.42. The number of benzene rings is 1. The third kappa shape index (κ3) is 3.99. The predicted molar refractivity (Wildman–Crippen MR) is 86.3 cm³/mol. The summed E-state index contributed by atoms with van der Waals surface area (Å²) in [5.41, 5.74) is 2.00. The van der Waals surface area contributed by atoms with E-state index in [-0.39, 0.29) is 5.91 Å². The van der Waals surface area contributed by atoms with Crippen molar-refractivity contribution in [1.29, 1.82) is 0 Å². The number of nitrogens with one attached hydrogen (secondary N) is 1. The first-order valence-electron chi connectivity index (χ1n) is 8.18. The maximum atomic E-state index is 12.2. The van der Waals surface area contributed by atoms with Crippen LogP contribution in [0.5, 0.6) is 0 Å². The molecule has 0 aliphatic carbocycles. The summed E-state index contributed by atoms with van der Waals surface area (Å²) in [7, 11) is 0. The van der Waals surface area contributed by atoms with E-state index < -0.39 is 6.10 Å². The van der Waals surface area contributed by atoms with E-state index in [2.05, 4.69) is 16.3 Å². The average molecular weight is 304 g/mol. The molecule has 2 saturated heterocycles. The summed E-state index contributed by atoms with van der Waals surface area (Å²) in [6.07, 6.45) is 4.60. The van der Waals surface area contributed by atoms with Crippen molar-refractivity contribution >= 4 is 17.3 Å². The van der Waals surface area contributed by atoms with Gasteiger partial charge in [0.1, 0.15) is 0 Å². The molecule has 2 aliphatic rings. The van der Waals surface area contributed by atoms with Gasteiger partial charge < -0.3 is 19.7 Å². The molecule has 1 N–H and O–H groups in total. The number of carbonyl (C=O) groups is 1. The summed E-state index contributed by atoms with van der Waals surface area (Å²) >= 11 is 0. The lowest BCUT2D eigenvalue weighted by atomic mass is 10.2. The second kappa shape index (κ2) is 7.61. The second-order valence-electron chi connectivity index (χ2n) is 5.88. The first-order chi connectivity index (χ1) is 10.8. The number of hydrogen-bond donors (Lipinski definition) is 1. The minimum absolute atomic E-state index is 0.132. The lowest BCUT2D eigenvalue weighted by molar-refractivity contribution is -0.142. The van der Waals surface area contributed by atoms with Crippen molar-refractivity contribution in [3.8, 4) is 0 Å². The van der Waals surface area contributed by atoms with Gasteiger partial charge in [-0.25, -0.2) is 0 Å². The van der Waals surface area contributed by atoms with E-state index in [4.69, 9.17) is 9.47 Å². The molecule has 22 heavy (non-hydrogen) atoms. The van der Waals surface area contributed by atoms with Crippen LogP contribution in [0.3, 0.4) is 0 Å². The third-order valence-electron chi connectivity index (χ3n) is 4.19. The highest BCUT2D eigenvalue weighted by Crippen LogP contribution is 2.23. The Hall–Kier alpha value is -1.59. The van der Waals surface area contributed by atoms with Gasteiger partial charge in [-0.05, 0) is 31.0 Å². The molecule has 0 spiro atoms. The first kappa shape index (κ1) is 15.3. The van der Waals surface area contributed by atoms with Crippen molar-refractivity contribution in [2.24, 2.45) is 0 Å². The normalized spacial score (nSPS) is 22.9. The van der Waals surface area contributed by atoms with Gasteiger partial charge in [-0.3, -0.25) is 4.79 Å². The second-order valence-corrected chi connectivity index (χ2v) is 5.88. The average Bonchev–Trinajstić information content (AvgIpc) is 2.85. The van der Waals surface area contributed by atoms with Crippen LogP contribution in [0.25, 0.3) is 0 Å². The van der Waals surface area contributed by atoms with Crippen molar-refractivity contribution in [1.82, 2.24) is 0 Å². The van der Waals surface area contributed by atoms with Crippen LogP contribution in [0.4, 0.5) is 11.4 Å². The summed E-state index contributed by atoms with van der Waals surface area (Å²) in [6, 6.07) is 8.07. The number of carbonyl (C=O) groups excluding carboxylic acids is 1. The van der Waals surface area contributed by atoms with Crippen LogP contribution in [0.15, 0.2) is 24.3 Å².